The van der Waals surface area contributed by atoms with Gasteiger partial charge in [0.15, 0.2) is 0 Å². The van der Waals surface area contributed by atoms with Gasteiger partial charge in [0.1, 0.15) is 5.75 Å². The normalized spacial score (nSPS) is 10.4. The number of amides is 1. The number of carbonyl (C=O) groups excluding carboxylic acids is 1. The van der Waals surface area contributed by atoms with Crippen LogP contribution in [-0.4, -0.2) is 22.8 Å². The van der Waals surface area contributed by atoms with Crippen molar-refractivity contribution in [3.8, 4) is 17.0 Å². The van der Waals surface area contributed by atoms with Gasteiger partial charge in [-0.15, -0.1) is 0 Å². The molecule has 0 atom stereocenters. The molecule has 1 aromatic heterocycles. The first kappa shape index (κ1) is 18.4. The van der Waals surface area contributed by atoms with Gasteiger partial charge in [0.05, 0.1) is 19.3 Å². The number of aromatic nitrogens is 2. The van der Waals surface area contributed by atoms with Gasteiger partial charge in [-0.3, -0.25) is 9.59 Å². The van der Waals surface area contributed by atoms with Crippen molar-refractivity contribution in [1.82, 2.24) is 15.1 Å². The van der Waals surface area contributed by atoms with Crippen molar-refractivity contribution in [2.45, 2.75) is 19.5 Å². The zero-order chi connectivity index (χ0) is 19.1. The number of benzene rings is 2. The number of aryl methyl sites for hydroxylation is 1. The number of nitrogens with one attached hydrogen (secondary N) is 1. The summed E-state index contributed by atoms with van der Waals surface area (Å²) in [5.41, 5.74) is 2.29. The van der Waals surface area contributed by atoms with Gasteiger partial charge in [0.2, 0.25) is 5.91 Å². The fourth-order valence-electron chi connectivity index (χ4n) is 2.71. The molecule has 0 unspecified atom stereocenters. The average molecular weight is 363 g/mol. The molecule has 27 heavy (non-hydrogen) atoms. The molecule has 138 valence electrons. The van der Waals surface area contributed by atoms with Gasteiger partial charge in [0, 0.05) is 30.2 Å². The average Bonchev–Trinajstić information content (AvgIpc) is 2.72. The van der Waals surface area contributed by atoms with Crippen LogP contribution >= 0.6 is 0 Å². The molecule has 0 aliphatic carbocycles. The molecular weight excluding hydrogens is 342 g/mol. The smallest absolute Gasteiger partial charge is 0.266 e. The Bertz CT molecular complexity index is 968. The Morgan fingerprint density at radius 3 is 2.56 bits per heavy atom. The zero-order valence-electron chi connectivity index (χ0n) is 15.1. The Hall–Kier alpha value is -3.41. The third-order valence-electron chi connectivity index (χ3n) is 4.16. The Kier molecular flexibility index (Phi) is 5.99. The molecule has 3 aromatic rings. The van der Waals surface area contributed by atoms with Crippen LogP contribution in [0.1, 0.15) is 12.0 Å². The summed E-state index contributed by atoms with van der Waals surface area (Å²) in [6.45, 7) is 0.590. The highest BCUT2D eigenvalue weighted by Crippen LogP contribution is 2.17. The molecule has 6 heteroatoms. The molecule has 1 amide bonds. The van der Waals surface area contributed by atoms with Crippen LogP contribution in [0.5, 0.6) is 5.75 Å². The lowest BCUT2D eigenvalue weighted by atomic mass is 10.1. The predicted octanol–water partition coefficient (Wildman–Crippen LogP) is 2.63. The van der Waals surface area contributed by atoms with Crippen molar-refractivity contribution in [2.24, 2.45) is 0 Å². The molecule has 0 spiro atoms. The van der Waals surface area contributed by atoms with E-state index in [4.69, 9.17) is 4.74 Å². The van der Waals surface area contributed by atoms with E-state index in [0.29, 0.717) is 12.2 Å². The third kappa shape index (κ3) is 4.82. The monoisotopic (exact) mass is 363 g/mol. The zero-order valence-corrected chi connectivity index (χ0v) is 15.1. The summed E-state index contributed by atoms with van der Waals surface area (Å²) < 4.78 is 6.60. The highest BCUT2D eigenvalue weighted by atomic mass is 16.5. The Morgan fingerprint density at radius 1 is 1.04 bits per heavy atom. The van der Waals surface area contributed by atoms with E-state index in [1.54, 1.807) is 13.2 Å². The van der Waals surface area contributed by atoms with Crippen molar-refractivity contribution in [3.63, 3.8) is 0 Å². The summed E-state index contributed by atoms with van der Waals surface area (Å²) in [7, 11) is 1.60. The quantitative estimate of drug-likeness (QED) is 0.700. The van der Waals surface area contributed by atoms with Gasteiger partial charge < -0.3 is 10.1 Å². The molecule has 3 rings (SSSR count). The topological polar surface area (TPSA) is 73.2 Å². The van der Waals surface area contributed by atoms with E-state index in [-0.39, 0.29) is 24.4 Å². The second-order valence-electron chi connectivity index (χ2n) is 5.98. The fraction of sp³-hybridized carbons (Fsp3) is 0.190. The minimum absolute atomic E-state index is 0.153. The van der Waals surface area contributed by atoms with E-state index in [9.17, 15) is 9.59 Å². The van der Waals surface area contributed by atoms with E-state index in [0.717, 1.165) is 16.9 Å². The molecule has 0 aliphatic heterocycles. The molecule has 1 heterocycles. The molecule has 1 N–H and O–H groups in total. The van der Waals surface area contributed by atoms with Crippen LogP contribution in [0.2, 0.25) is 0 Å². The molecule has 2 aromatic carbocycles. The molecule has 6 nitrogen and oxygen atoms in total. The molecule has 0 radical (unpaired) electrons. The summed E-state index contributed by atoms with van der Waals surface area (Å²) in [5, 5.41) is 7.21. The second kappa shape index (κ2) is 8.80. The highest BCUT2D eigenvalue weighted by Gasteiger charge is 2.08. The number of hydrogen-bond acceptors (Lipinski definition) is 4. The maximum absolute atomic E-state index is 12.2. The van der Waals surface area contributed by atoms with Gasteiger partial charge in [-0.25, -0.2) is 4.68 Å². The Labute approximate surface area is 157 Å². The number of methoxy groups -OCH3 is 1. The summed E-state index contributed by atoms with van der Waals surface area (Å²) in [6.07, 6.45) is 0.167. The lowest BCUT2D eigenvalue weighted by molar-refractivity contribution is -0.121. The number of rotatable bonds is 7. The van der Waals surface area contributed by atoms with Gasteiger partial charge >= 0.3 is 0 Å². The standard InChI is InChI=1S/C21H21N3O3/c1-27-19-10-6-5-9-17(19)15-22-20(25)13-14-24-21(26)12-11-18(23-24)16-7-3-2-4-8-16/h2-12H,13-15H2,1H3,(H,22,25). The van der Waals surface area contributed by atoms with Gasteiger partial charge in [-0.2, -0.15) is 5.10 Å². The largest absolute Gasteiger partial charge is 0.496 e. The SMILES string of the molecule is COc1ccccc1CNC(=O)CCn1nc(-c2ccccc2)ccc1=O. The third-order valence-corrected chi connectivity index (χ3v) is 4.16. The highest BCUT2D eigenvalue weighted by molar-refractivity contribution is 5.75. The maximum Gasteiger partial charge on any atom is 0.266 e. The van der Waals surface area contributed by atoms with Crippen LogP contribution in [-0.2, 0) is 17.9 Å². The Balaban J connectivity index is 1.61. The summed E-state index contributed by atoms with van der Waals surface area (Å²) in [6, 6.07) is 20.3. The van der Waals surface area contributed by atoms with Crippen LogP contribution in [0.25, 0.3) is 11.3 Å². The van der Waals surface area contributed by atoms with Crippen LogP contribution < -0.4 is 15.6 Å². The molecule has 0 aliphatic rings. The summed E-state index contributed by atoms with van der Waals surface area (Å²) >= 11 is 0. The van der Waals surface area contributed by atoms with E-state index in [1.165, 1.54) is 10.7 Å². The number of carbonyl (C=O) groups is 1. The van der Waals surface area contributed by atoms with Crippen molar-refractivity contribution in [3.05, 3.63) is 82.6 Å². The molecule has 0 saturated heterocycles. The molecule has 0 bridgehead atoms. The van der Waals surface area contributed by atoms with E-state index in [2.05, 4.69) is 10.4 Å². The molecule has 0 fully saturated rings. The van der Waals surface area contributed by atoms with Crippen LogP contribution in [0, 0.1) is 0 Å². The van der Waals surface area contributed by atoms with Crippen LogP contribution in [0.4, 0.5) is 0 Å². The summed E-state index contributed by atoms with van der Waals surface area (Å²) in [5.74, 6) is 0.575. The van der Waals surface area contributed by atoms with E-state index in [1.807, 2.05) is 54.6 Å². The first-order valence-corrected chi connectivity index (χ1v) is 8.69. The van der Waals surface area contributed by atoms with Gasteiger partial charge in [-0.05, 0) is 12.1 Å². The first-order chi connectivity index (χ1) is 13.2. The number of nitrogens with zero attached hydrogens (tertiary/aromatic N) is 2. The predicted molar refractivity (Wildman–Crippen MR) is 103 cm³/mol. The van der Waals surface area contributed by atoms with E-state index < -0.39 is 0 Å². The fourth-order valence-corrected chi connectivity index (χ4v) is 2.71. The Morgan fingerprint density at radius 2 is 1.78 bits per heavy atom. The van der Waals surface area contributed by atoms with Crippen molar-refractivity contribution < 1.29 is 9.53 Å². The minimum Gasteiger partial charge on any atom is -0.496 e. The summed E-state index contributed by atoms with van der Waals surface area (Å²) in [4.78, 5) is 24.2. The second-order valence-corrected chi connectivity index (χ2v) is 5.98. The number of ether oxygens (including phenoxy) is 1. The lowest BCUT2D eigenvalue weighted by Gasteiger charge is -2.10. The van der Waals surface area contributed by atoms with Crippen molar-refractivity contribution in [1.29, 1.82) is 0 Å². The van der Waals surface area contributed by atoms with E-state index >= 15 is 0 Å². The molecule has 0 saturated carbocycles. The van der Waals surface area contributed by atoms with Gasteiger partial charge in [-0.1, -0.05) is 48.5 Å². The van der Waals surface area contributed by atoms with Crippen molar-refractivity contribution >= 4 is 5.91 Å². The molecular formula is C21H21N3O3. The van der Waals surface area contributed by atoms with Crippen molar-refractivity contribution in [2.75, 3.05) is 7.11 Å². The number of para-hydroxylation sites is 1. The number of hydrogen-bond donors (Lipinski definition) is 1. The minimum atomic E-state index is -0.229. The first-order valence-electron chi connectivity index (χ1n) is 8.69. The van der Waals surface area contributed by atoms with Crippen LogP contribution in [0.15, 0.2) is 71.5 Å². The lowest BCUT2D eigenvalue weighted by Crippen LogP contribution is -2.28. The van der Waals surface area contributed by atoms with Crippen LogP contribution in [0.3, 0.4) is 0 Å². The maximum atomic E-state index is 12.2. The van der Waals surface area contributed by atoms with Gasteiger partial charge in [0.25, 0.3) is 5.56 Å².